The highest BCUT2D eigenvalue weighted by molar-refractivity contribution is 5.04. The second kappa shape index (κ2) is 4.87. The summed E-state index contributed by atoms with van der Waals surface area (Å²) < 4.78 is 20.8. The number of halogens is 1. The summed E-state index contributed by atoms with van der Waals surface area (Å²) in [4.78, 5) is 23.5. The Morgan fingerprint density at radius 2 is 2.11 bits per heavy atom. The summed E-state index contributed by atoms with van der Waals surface area (Å²) in [5.41, 5.74) is -0.970. The summed E-state index contributed by atoms with van der Waals surface area (Å²) in [6, 6.07) is 0. The van der Waals surface area contributed by atoms with E-state index in [-0.39, 0.29) is 5.56 Å². The molecule has 1 fully saturated rings. The van der Waals surface area contributed by atoms with Gasteiger partial charge < -0.3 is 14.9 Å². The molecule has 0 radical (unpaired) electrons. The van der Waals surface area contributed by atoms with Crippen molar-refractivity contribution in [2.45, 2.75) is 31.5 Å². The van der Waals surface area contributed by atoms with Gasteiger partial charge in [0.05, 0.1) is 6.61 Å². The number of nitrogens with zero attached hydrogens (tertiary/aromatic N) is 2. The second-order valence-electron chi connectivity index (χ2n) is 4.55. The fourth-order valence-corrected chi connectivity index (χ4v) is 2.10. The van der Waals surface area contributed by atoms with Gasteiger partial charge in [0, 0.05) is 18.8 Å². The molecule has 0 saturated carbocycles. The Bertz CT molecular complexity index is 596. The van der Waals surface area contributed by atoms with Crippen molar-refractivity contribution in [3.05, 3.63) is 32.6 Å². The van der Waals surface area contributed by atoms with Crippen LogP contribution in [0.15, 0.2) is 15.8 Å². The van der Waals surface area contributed by atoms with Gasteiger partial charge in [-0.3, -0.25) is 13.9 Å². The van der Waals surface area contributed by atoms with E-state index in [4.69, 9.17) is 9.84 Å². The van der Waals surface area contributed by atoms with Crippen molar-refractivity contribution in [2.75, 3.05) is 6.61 Å². The van der Waals surface area contributed by atoms with Crippen LogP contribution in [0.5, 0.6) is 0 Å². The predicted octanol–water partition coefficient (Wildman–Crippen LogP) is -1.56. The number of ether oxygens (including phenoxy) is 1. The van der Waals surface area contributed by atoms with Crippen LogP contribution >= 0.6 is 0 Å². The number of alkyl halides is 1. The van der Waals surface area contributed by atoms with E-state index in [1.165, 1.54) is 20.2 Å². The number of aliphatic hydroxyl groups excluding tert-OH is 2. The molecule has 19 heavy (non-hydrogen) atoms. The number of aryl methyl sites for hydroxylation is 1. The molecule has 1 unspecified atom stereocenters. The lowest BCUT2D eigenvalue weighted by molar-refractivity contribution is -0.0496. The molecule has 1 saturated heterocycles. The van der Waals surface area contributed by atoms with Crippen LogP contribution in [0.25, 0.3) is 0 Å². The smallest absolute Gasteiger partial charge is 0.332 e. The molecule has 1 aliphatic heterocycles. The normalized spacial score (nSPS) is 30.8. The first kappa shape index (κ1) is 13.9. The van der Waals surface area contributed by atoms with Crippen molar-refractivity contribution in [3.63, 3.8) is 0 Å². The number of rotatable bonds is 2. The van der Waals surface area contributed by atoms with Gasteiger partial charge in [-0.25, -0.2) is 9.18 Å². The Kier molecular flexibility index (Phi) is 3.57. The quantitative estimate of drug-likeness (QED) is 0.680. The fourth-order valence-electron chi connectivity index (χ4n) is 2.10. The first-order chi connectivity index (χ1) is 8.88. The SMILES string of the molecule is Cc1cn([C@@H]2O[C@H](CO)[C@@H](O)C2F)c(=O)n(C)c1=O. The topological polar surface area (TPSA) is 93.7 Å². The zero-order valence-corrected chi connectivity index (χ0v) is 10.5. The summed E-state index contributed by atoms with van der Waals surface area (Å²) in [6.07, 6.45) is -4.63. The average Bonchev–Trinajstić information content (AvgIpc) is 2.68. The van der Waals surface area contributed by atoms with Gasteiger partial charge in [-0.1, -0.05) is 0 Å². The molecule has 2 rings (SSSR count). The highest BCUT2D eigenvalue weighted by Crippen LogP contribution is 2.30. The molecule has 1 aromatic rings. The Morgan fingerprint density at radius 3 is 2.63 bits per heavy atom. The van der Waals surface area contributed by atoms with E-state index in [9.17, 15) is 19.1 Å². The lowest BCUT2D eigenvalue weighted by atomic mass is 10.1. The van der Waals surface area contributed by atoms with Gasteiger partial charge in [-0.15, -0.1) is 0 Å². The molecule has 7 nitrogen and oxygen atoms in total. The molecule has 2 N–H and O–H groups in total. The predicted molar refractivity (Wildman–Crippen MR) is 62.6 cm³/mol. The summed E-state index contributed by atoms with van der Waals surface area (Å²) in [6.45, 7) is 0.929. The van der Waals surface area contributed by atoms with E-state index >= 15 is 0 Å². The van der Waals surface area contributed by atoms with Gasteiger partial charge in [-0.2, -0.15) is 0 Å². The van der Waals surface area contributed by atoms with Gasteiger partial charge >= 0.3 is 5.69 Å². The van der Waals surface area contributed by atoms with Gasteiger partial charge in [0.1, 0.15) is 12.2 Å². The summed E-state index contributed by atoms with van der Waals surface area (Å²) in [7, 11) is 1.27. The van der Waals surface area contributed by atoms with Crippen LogP contribution in [0.2, 0.25) is 0 Å². The van der Waals surface area contributed by atoms with E-state index in [1.54, 1.807) is 0 Å². The van der Waals surface area contributed by atoms with Crippen molar-refractivity contribution in [2.24, 2.45) is 7.05 Å². The summed E-state index contributed by atoms with van der Waals surface area (Å²) in [5, 5.41) is 18.5. The molecular weight excluding hydrogens is 259 g/mol. The lowest BCUT2D eigenvalue weighted by Crippen LogP contribution is -2.42. The van der Waals surface area contributed by atoms with Crippen molar-refractivity contribution < 1.29 is 19.3 Å². The molecule has 0 aromatic carbocycles. The average molecular weight is 274 g/mol. The van der Waals surface area contributed by atoms with Crippen LogP contribution in [-0.4, -0.2) is 44.3 Å². The third kappa shape index (κ3) is 2.11. The van der Waals surface area contributed by atoms with Crippen molar-refractivity contribution in [1.82, 2.24) is 9.13 Å². The molecule has 0 spiro atoms. The minimum Gasteiger partial charge on any atom is -0.394 e. The molecule has 1 aliphatic rings. The molecule has 0 aliphatic carbocycles. The summed E-state index contributed by atoms with van der Waals surface area (Å²) >= 11 is 0. The second-order valence-corrected chi connectivity index (χ2v) is 4.55. The monoisotopic (exact) mass is 274 g/mol. The van der Waals surface area contributed by atoms with Crippen LogP contribution in [0.4, 0.5) is 4.39 Å². The fraction of sp³-hybridized carbons (Fsp3) is 0.636. The maximum atomic E-state index is 13.9. The Hall–Kier alpha value is -1.51. The maximum absolute atomic E-state index is 13.9. The molecule has 0 amide bonds. The van der Waals surface area contributed by atoms with Crippen LogP contribution in [0.3, 0.4) is 0 Å². The first-order valence-corrected chi connectivity index (χ1v) is 5.75. The van der Waals surface area contributed by atoms with Crippen LogP contribution in [-0.2, 0) is 11.8 Å². The van der Waals surface area contributed by atoms with Crippen molar-refractivity contribution in [1.29, 1.82) is 0 Å². The molecule has 8 heteroatoms. The van der Waals surface area contributed by atoms with E-state index < -0.39 is 42.5 Å². The molecule has 106 valence electrons. The van der Waals surface area contributed by atoms with Gasteiger partial charge in [-0.05, 0) is 6.92 Å². The molecule has 1 aromatic heterocycles. The Labute approximate surface area is 107 Å². The minimum atomic E-state index is -1.85. The summed E-state index contributed by atoms with van der Waals surface area (Å²) in [5.74, 6) is 0. The molecular formula is C11H15FN2O5. The van der Waals surface area contributed by atoms with Crippen molar-refractivity contribution in [3.8, 4) is 0 Å². The zero-order valence-electron chi connectivity index (χ0n) is 10.5. The number of aromatic nitrogens is 2. The molecule has 0 bridgehead atoms. The third-order valence-corrected chi connectivity index (χ3v) is 3.23. The molecule has 4 atom stereocenters. The number of aliphatic hydroxyl groups is 2. The maximum Gasteiger partial charge on any atom is 0.332 e. The zero-order chi connectivity index (χ0) is 14.3. The number of hydrogen-bond donors (Lipinski definition) is 2. The van der Waals surface area contributed by atoms with E-state index in [0.29, 0.717) is 0 Å². The first-order valence-electron chi connectivity index (χ1n) is 5.75. The Morgan fingerprint density at radius 1 is 1.47 bits per heavy atom. The lowest BCUT2D eigenvalue weighted by Gasteiger charge is -2.17. The van der Waals surface area contributed by atoms with Crippen molar-refractivity contribution >= 4 is 0 Å². The highest BCUT2D eigenvalue weighted by Gasteiger charge is 2.45. The standard InChI is InChI=1S/C11H15FN2O5/c1-5-3-14(11(18)13(2)9(5)17)10-7(12)8(16)6(4-15)19-10/h3,6-8,10,15-16H,4H2,1-2H3/t6-,7?,8-,10-/m1/s1. The third-order valence-electron chi connectivity index (χ3n) is 3.23. The van der Waals surface area contributed by atoms with Gasteiger partial charge in [0.15, 0.2) is 12.4 Å². The van der Waals surface area contributed by atoms with E-state index in [0.717, 1.165) is 9.13 Å². The van der Waals surface area contributed by atoms with Gasteiger partial charge in [0.2, 0.25) is 0 Å². The van der Waals surface area contributed by atoms with Crippen LogP contribution in [0.1, 0.15) is 11.8 Å². The van der Waals surface area contributed by atoms with Gasteiger partial charge in [0.25, 0.3) is 5.56 Å². The Balaban J connectivity index is 2.50. The van der Waals surface area contributed by atoms with E-state index in [2.05, 4.69) is 0 Å². The van der Waals surface area contributed by atoms with E-state index in [1.807, 2.05) is 0 Å². The van der Waals surface area contributed by atoms with Crippen LogP contribution in [0, 0.1) is 6.92 Å². The number of hydrogen-bond acceptors (Lipinski definition) is 5. The molecule has 2 heterocycles. The largest absolute Gasteiger partial charge is 0.394 e. The highest BCUT2D eigenvalue weighted by atomic mass is 19.1. The van der Waals surface area contributed by atoms with Crippen LogP contribution < -0.4 is 11.2 Å². The minimum absolute atomic E-state index is 0.250.